The molecule has 19 heavy (non-hydrogen) atoms. The third kappa shape index (κ3) is 1.50. The lowest BCUT2D eigenvalue weighted by Crippen LogP contribution is -2.39. The van der Waals surface area contributed by atoms with E-state index in [2.05, 4.69) is 6.08 Å². The van der Waals surface area contributed by atoms with Crippen LogP contribution in [0.4, 0.5) is 0 Å². The van der Waals surface area contributed by atoms with Gasteiger partial charge in [0.2, 0.25) is 0 Å². The van der Waals surface area contributed by atoms with Gasteiger partial charge in [-0.05, 0) is 24.1 Å². The van der Waals surface area contributed by atoms with Gasteiger partial charge in [0.25, 0.3) is 0 Å². The van der Waals surface area contributed by atoms with Crippen molar-refractivity contribution in [2.45, 2.75) is 12.8 Å². The van der Waals surface area contributed by atoms with Crippen molar-refractivity contribution in [2.24, 2.45) is 0 Å². The van der Waals surface area contributed by atoms with E-state index in [4.69, 9.17) is 13.9 Å². The number of fused-ring (bicyclic) bond motifs is 4. The first kappa shape index (κ1) is 10.4. The summed E-state index contributed by atoms with van der Waals surface area (Å²) in [7, 11) is 0. The van der Waals surface area contributed by atoms with Gasteiger partial charge in [0.05, 0.1) is 5.22 Å². The summed E-state index contributed by atoms with van der Waals surface area (Å²) in [5.74, 6) is 1.18. The fraction of sp³-hybridized carbons (Fsp3) is 0.133. The summed E-state index contributed by atoms with van der Waals surface area (Å²) >= 11 is 0. The molecule has 4 nitrogen and oxygen atoms in total. The standard InChI is InChI=1S/C15H10O4/c16-15-10-4-2-1-3-9(10)11-7-13-14(8-12(11)19-15)18-6-5-17-13/h3-8H,1-2H2. The largest absolute Gasteiger partial charge is 0.458 e. The van der Waals surface area contributed by atoms with Gasteiger partial charge in [-0.15, -0.1) is 0 Å². The minimum atomic E-state index is -0.300. The summed E-state index contributed by atoms with van der Waals surface area (Å²) in [6, 6.07) is 3.55. The normalized spacial score (nSPS) is 15.6. The predicted octanol–water partition coefficient (Wildman–Crippen LogP) is 1.39. The molecule has 0 fully saturated rings. The van der Waals surface area contributed by atoms with Crippen LogP contribution in [0.5, 0.6) is 11.5 Å². The minimum Gasteiger partial charge on any atom is -0.458 e. The lowest BCUT2D eigenvalue weighted by Gasteiger charge is -2.13. The van der Waals surface area contributed by atoms with Gasteiger partial charge in [-0.25, -0.2) is 4.79 Å². The van der Waals surface area contributed by atoms with Crippen LogP contribution in [0.2, 0.25) is 0 Å². The van der Waals surface area contributed by atoms with Crippen LogP contribution in [0.1, 0.15) is 12.8 Å². The second-order valence-electron chi connectivity index (χ2n) is 4.51. The Morgan fingerprint density at radius 3 is 2.37 bits per heavy atom. The lowest BCUT2D eigenvalue weighted by atomic mass is 10.1. The first-order chi connectivity index (χ1) is 9.33. The molecular weight excluding hydrogens is 244 g/mol. The van der Waals surface area contributed by atoms with Crippen LogP contribution in [0, 0.1) is 0 Å². The second-order valence-corrected chi connectivity index (χ2v) is 4.51. The van der Waals surface area contributed by atoms with Crippen LogP contribution in [-0.4, -0.2) is 0 Å². The van der Waals surface area contributed by atoms with E-state index in [0.717, 1.165) is 23.4 Å². The molecule has 0 saturated carbocycles. The van der Waals surface area contributed by atoms with Crippen molar-refractivity contribution in [3.63, 3.8) is 0 Å². The van der Waals surface area contributed by atoms with Gasteiger partial charge in [-0.1, -0.05) is 12.2 Å². The van der Waals surface area contributed by atoms with Crippen molar-refractivity contribution >= 4 is 23.1 Å². The highest BCUT2D eigenvalue weighted by atomic mass is 16.5. The fourth-order valence-electron chi connectivity index (χ4n) is 2.50. The summed E-state index contributed by atoms with van der Waals surface area (Å²) in [4.78, 5) is 11.9. The van der Waals surface area contributed by atoms with Crippen molar-refractivity contribution < 1.29 is 13.9 Å². The van der Waals surface area contributed by atoms with Gasteiger partial charge in [-0.2, -0.15) is 0 Å². The lowest BCUT2D eigenvalue weighted by molar-refractivity contribution is 0.361. The Balaban J connectivity index is 2.19. The Kier molecular flexibility index (Phi) is 2.06. The van der Waals surface area contributed by atoms with Crippen LogP contribution in [0.25, 0.3) is 23.1 Å². The molecule has 0 radical (unpaired) electrons. The molecule has 1 aromatic carbocycles. The van der Waals surface area contributed by atoms with E-state index in [1.54, 1.807) is 6.07 Å². The molecule has 0 unspecified atom stereocenters. The van der Waals surface area contributed by atoms with E-state index in [1.807, 2.05) is 12.1 Å². The Morgan fingerprint density at radius 2 is 1.58 bits per heavy atom. The van der Waals surface area contributed by atoms with E-state index in [1.165, 1.54) is 12.5 Å². The van der Waals surface area contributed by atoms with Gasteiger partial charge in [0.15, 0.2) is 11.5 Å². The SMILES string of the molecule is O=c1oc2cc3c(cc2c2c1=CCCC=2)OC=CO3. The summed E-state index contributed by atoms with van der Waals surface area (Å²) in [6.07, 6.45) is 8.73. The predicted molar refractivity (Wildman–Crippen MR) is 70.3 cm³/mol. The maximum Gasteiger partial charge on any atom is 0.343 e. The molecule has 0 spiro atoms. The monoisotopic (exact) mass is 254 g/mol. The van der Waals surface area contributed by atoms with Crippen LogP contribution in [0.3, 0.4) is 0 Å². The Morgan fingerprint density at radius 1 is 0.895 bits per heavy atom. The zero-order chi connectivity index (χ0) is 12.8. The van der Waals surface area contributed by atoms with Gasteiger partial charge < -0.3 is 13.9 Å². The zero-order valence-electron chi connectivity index (χ0n) is 10.0. The molecule has 2 heterocycles. The molecule has 4 rings (SSSR count). The number of hydrogen-bond donors (Lipinski definition) is 0. The molecule has 0 bridgehead atoms. The Hall–Kier alpha value is -2.49. The van der Waals surface area contributed by atoms with E-state index in [0.29, 0.717) is 22.3 Å². The van der Waals surface area contributed by atoms with Gasteiger partial charge in [0, 0.05) is 11.5 Å². The van der Waals surface area contributed by atoms with E-state index in [-0.39, 0.29) is 5.63 Å². The highest BCUT2D eigenvalue weighted by Crippen LogP contribution is 2.33. The average Bonchev–Trinajstić information content (AvgIpc) is 2.46. The van der Waals surface area contributed by atoms with Crippen LogP contribution >= 0.6 is 0 Å². The maximum atomic E-state index is 11.9. The molecule has 94 valence electrons. The minimum absolute atomic E-state index is 0.300. The van der Waals surface area contributed by atoms with Crippen molar-refractivity contribution in [3.05, 3.63) is 45.5 Å². The second kappa shape index (κ2) is 3.75. The maximum absolute atomic E-state index is 11.9. The highest BCUT2D eigenvalue weighted by Gasteiger charge is 2.14. The molecule has 2 aromatic rings. The van der Waals surface area contributed by atoms with E-state index < -0.39 is 0 Å². The first-order valence-corrected chi connectivity index (χ1v) is 6.12. The quantitative estimate of drug-likeness (QED) is 0.667. The fourth-order valence-corrected chi connectivity index (χ4v) is 2.50. The Bertz CT molecular complexity index is 887. The smallest absolute Gasteiger partial charge is 0.343 e. The molecule has 1 aromatic heterocycles. The Labute approximate surface area is 107 Å². The molecule has 4 heteroatoms. The average molecular weight is 254 g/mol. The van der Waals surface area contributed by atoms with E-state index >= 15 is 0 Å². The topological polar surface area (TPSA) is 48.7 Å². The first-order valence-electron chi connectivity index (χ1n) is 6.12. The molecular formula is C15H10O4. The summed E-state index contributed by atoms with van der Waals surface area (Å²) in [5.41, 5.74) is 0.221. The number of rotatable bonds is 0. The van der Waals surface area contributed by atoms with Crippen molar-refractivity contribution in [2.75, 3.05) is 0 Å². The number of benzene rings is 1. The van der Waals surface area contributed by atoms with Gasteiger partial charge >= 0.3 is 5.63 Å². The molecule has 0 N–H and O–H groups in total. The summed E-state index contributed by atoms with van der Waals surface area (Å²) < 4.78 is 16.1. The van der Waals surface area contributed by atoms with Crippen molar-refractivity contribution in [3.8, 4) is 11.5 Å². The molecule has 0 atom stereocenters. The molecule has 1 aliphatic carbocycles. The van der Waals surface area contributed by atoms with Crippen LogP contribution in [-0.2, 0) is 0 Å². The highest BCUT2D eigenvalue weighted by molar-refractivity contribution is 5.82. The molecule has 2 aliphatic rings. The number of hydrogen-bond acceptors (Lipinski definition) is 4. The zero-order valence-corrected chi connectivity index (χ0v) is 10.0. The summed E-state index contributed by atoms with van der Waals surface area (Å²) in [6.45, 7) is 0. The van der Waals surface area contributed by atoms with Gasteiger partial charge in [0.1, 0.15) is 18.1 Å². The molecule has 1 aliphatic heterocycles. The third-order valence-corrected chi connectivity index (χ3v) is 3.36. The summed E-state index contributed by atoms with van der Waals surface area (Å²) in [5, 5.41) is 2.45. The molecule has 0 saturated heterocycles. The van der Waals surface area contributed by atoms with Crippen LogP contribution < -0.4 is 25.5 Å². The third-order valence-electron chi connectivity index (χ3n) is 3.36. The van der Waals surface area contributed by atoms with Crippen molar-refractivity contribution in [1.82, 2.24) is 0 Å². The van der Waals surface area contributed by atoms with Crippen molar-refractivity contribution in [1.29, 1.82) is 0 Å². The number of ether oxygens (including phenoxy) is 2. The van der Waals surface area contributed by atoms with Gasteiger partial charge in [-0.3, -0.25) is 0 Å². The molecule has 0 amide bonds. The van der Waals surface area contributed by atoms with E-state index in [9.17, 15) is 4.79 Å². The van der Waals surface area contributed by atoms with Crippen LogP contribution in [0.15, 0.2) is 33.9 Å².